The van der Waals surface area contributed by atoms with Crippen molar-refractivity contribution in [2.75, 3.05) is 6.54 Å². The summed E-state index contributed by atoms with van der Waals surface area (Å²) in [7, 11) is 0. The molecule has 1 aliphatic rings. The highest BCUT2D eigenvalue weighted by Crippen LogP contribution is 2.31. The third kappa shape index (κ3) is 6.23. The zero-order chi connectivity index (χ0) is 15.2. The molecule has 1 rings (SSSR count). The molecule has 0 aromatic heterocycles. The van der Waals surface area contributed by atoms with Crippen LogP contribution in [0, 0.1) is 11.8 Å². The zero-order valence-corrected chi connectivity index (χ0v) is 13.3. The molecule has 20 heavy (non-hydrogen) atoms. The van der Waals surface area contributed by atoms with Gasteiger partial charge in [0.15, 0.2) is 0 Å². The van der Waals surface area contributed by atoms with Gasteiger partial charge in [-0.2, -0.15) is 0 Å². The van der Waals surface area contributed by atoms with Gasteiger partial charge in [0.1, 0.15) is 0 Å². The van der Waals surface area contributed by atoms with Crippen LogP contribution in [0.2, 0.25) is 0 Å². The molecule has 4 atom stereocenters. The van der Waals surface area contributed by atoms with Crippen molar-refractivity contribution >= 4 is 5.91 Å². The van der Waals surface area contributed by atoms with Crippen molar-refractivity contribution in [3.63, 3.8) is 0 Å². The standard InChI is InChI=1S/C16H32N2O2/c1-12-6-5-9-16(20,10-12)11-18-15(19)13(2)7-4-8-14(3)17/h12-14,20H,4-11,17H2,1-3H3,(H,18,19). The average molecular weight is 284 g/mol. The molecule has 0 aliphatic heterocycles. The molecule has 1 saturated carbocycles. The Bertz CT molecular complexity index is 307. The highest BCUT2D eigenvalue weighted by molar-refractivity contribution is 5.78. The summed E-state index contributed by atoms with van der Waals surface area (Å²) in [6, 6.07) is 0.203. The Balaban J connectivity index is 2.27. The third-order valence-electron chi connectivity index (χ3n) is 4.40. The van der Waals surface area contributed by atoms with Gasteiger partial charge in [-0.15, -0.1) is 0 Å². The van der Waals surface area contributed by atoms with Gasteiger partial charge >= 0.3 is 0 Å². The van der Waals surface area contributed by atoms with Crippen molar-refractivity contribution in [1.82, 2.24) is 5.32 Å². The van der Waals surface area contributed by atoms with E-state index in [1.54, 1.807) is 0 Å². The van der Waals surface area contributed by atoms with Gasteiger partial charge in [-0.05, 0) is 38.5 Å². The second kappa shape index (κ2) is 7.99. The minimum absolute atomic E-state index is 0.00151. The number of rotatable bonds is 7. The van der Waals surface area contributed by atoms with Crippen molar-refractivity contribution in [2.45, 2.75) is 77.4 Å². The minimum Gasteiger partial charge on any atom is -0.388 e. The topological polar surface area (TPSA) is 75.4 Å². The first kappa shape index (κ1) is 17.4. The third-order valence-corrected chi connectivity index (χ3v) is 4.40. The monoisotopic (exact) mass is 284 g/mol. The van der Waals surface area contributed by atoms with E-state index in [4.69, 9.17) is 5.73 Å². The Kier molecular flexibility index (Phi) is 6.96. The van der Waals surface area contributed by atoms with Crippen molar-refractivity contribution in [3.8, 4) is 0 Å². The van der Waals surface area contributed by atoms with Gasteiger partial charge in [-0.25, -0.2) is 0 Å². The maximum absolute atomic E-state index is 12.0. The fourth-order valence-corrected chi connectivity index (χ4v) is 3.10. The van der Waals surface area contributed by atoms with Crippen LogP contribution >= 0.6 is 0 Å². The van der Waals surface area contributed by atoms with Crippen molar-refractivity contribution in [1.29, 1.82) is 0 Å². The highest BCUT2D eigenvalue weighted by Gasteiger charge is 2.33. The average Bonchev–Trinajstić information content (AvgIpc) is 2.35. The molecular weight excluding hydrogens is 252 g/mol. The summed E-state index contributed by atoms with van der Waals surface area (Å²) in [5.74, 6) is 0.605. The van der Waals surface area contributed by atoms with Gasteiger partial charge in [0.25, 0.3) is 0 Å². The summed E-state index contributed by atoms with van der Waals surface area (Å²) >= 11 is 0. The predicted molar refractivity (Wildman–Crippen MR) is 82.3 cm³/mol. The van der Waals surface area contributed by atoms with Gasteiger partial charge in [-0.1, -0.05) is 33.1 Å². The minimum atomic E-state index is -0.696. The molecule has 0 bridgehead atoms. The van der Waals surface area contributed by atoms with Crippen LogP contribution in [-0.4, -0.2) is 29.2 Å². The van der Waals surface area contributed by atoms with E-state index in [2.05, 4.69) is 12.2 Å². The van der Waals surface area contributed by atoms with Gasteiger partial charge in [0.2, 0.25) is 5.91 Å². The molecule has 0 aromatic rings. The van der Waals surface area contributed by atoms with E-state index in [9.17, 15) is 9.90 Å². The Morgan fingerprint density at radius 1 is 1.45 bits per heavy atom. The lowest BCUT2D eigenvalue weighted by atomic mass is 9.79. The van der Waals surface area contributed by atoms with E-state index in [-0.39, 0.29) is 17.9 Å². The Labute approximate surface area is 123 Å². The molecule has 0 saturated heterocycles. The molecule has 1 aliphatic carbocycles. The second-order valence-corrected chi connectivity index (χ2v) is 6.95. The smallest absolute Gasteiger partial charge is 0.222 e. The lowest BCUT2D eigenvalue weighted by molar-refractivity contribution is -0.126. The summed E-state index contributed by atoms with van der Waals surface area (Å²) in [5.41, 5.74) is 5.01. The molecule has 1 amide bonds. The number of amides is 1. The van der Waals surface area contributed by atoms with E-state index >= 15 is 0 Å². The van der Waals surface area contributed by atoms with Gasteiger partial charge in [0, 0.05) is 18.5 Å². The summed E-state index contributed by atoms with van der Waals surface area (Å²) in [6.45, 7) is 6.50. The van der Waals surface area contributed by atoms with Crippen molar-refractivity contribution in [2.24, 2.45) is 17.6 Å². The van der Waals surface area contributed by atoms with E-state index < -0.39 is 5.60 Å². The van der Waals surface area contributed by atoms with Crippen LogP contribution in [0.25, 0.3) is 0 Å². The maximum atomic E-state index is 12.0. The van der Waals surface area contributed by atoms with Crippen LogP contribution in [0.5, 0.6) is 0 Å². The summed E-state index contributed by atoms with van der Waals surface area (Å²) in [4.78, 5) is 12.0. The van der Waals surface area contributed by atoms with Crippen LogP contribution in [0.15, 0.2) is 0 Å². The number of hydrogen-bond donors (Lipinski definition) is 3. The number of aliphatic hydroxyl groups is 1. The van der Waals surface area contributed by atoms with Gasteiger partial charge in [-0.3, -0.25) is 4.79 Å². The fourth-order valence-electron chi connectivity index (χ4n) is 3.10. The number of hydrogen-bond acceptors (Lipinski definition) is 3. The molecule has 1 fully saturated rings. The molecule has 0 spiro atoms. The van der Waals surface area contributed by atoms with E-state index in [0.717, 1.165) is 38.5 Å². The first-order valence-electron chi connectivity index (χ1n) is 8.08. The van der Waals surface area contributed by atoms with E-state index in [0.29, 0.717) is 12.5 Å². The lowest BCUT2D eigenvalue weighted by Gasteiger charge is -2.35. The molecule has 0 heterocycles. The van der Waals surface area contributed by atoms with E-state index in [1.807, 2.05) is 13.8 Å². The molecule has 4 heteroatoms. The molecule has 0 aromatic carbocycles. The molecular formula is C16H32N2O2. The molecule has 4 nitrogen and oxygen atoms in total. The number of carbonyl (C=O) groups excluding carboxylic acids is 1. The van der Waals surface area contributed by atoms with Crippen molar-refractivity contribution < 1.29 is 9.90 Å². The maximum Gasteiger partial charge on any atom is 0.222 e. The van der Waals surface area contributed by atoms with E-state index in [1.165, 1.54) is 6.42 Å². The summed E-state index contributed by atoms with van der Waals surface area (Å²) in [6.07, 6.45) is 6.64. The number of nitrogens with two attached hydrogens (primary N) is 1. The molecule has 4 unspecified atom stereocenters. The molecule has 0 radical (unpaired) electrons. The molecule has 118 valence electrons. The molecule has 4 N–H and O–H groups in total. The second-order valence-electron chi connectivity index (χ2n) is 6.95. The van der Waals surface area contributed by atoms with Gasteiger partial charge < -0.3 is 16.2 Å². The quantitative estimate of drug-likeness (QED) is 0.671. The first-order valence-corrected chi connectivity index (χ1v) is 8.08. The van der Waals surface area contributed by atoms with Crippen molar-refractivity contribution in [3.05, 3.63) is 0 Å². The Hall–Kier alpha value is -0.610. The summed E-state index contributed by atoms with van der Waals surface area (Å²) in [5, 5.41) is 13.4. The number of carbonyl (C=O) groups is 1. The lowest BCUT2D eigenvalue weighted by Crippen LogP contribution is -2.46. The number of nitrogens with one attached hydrogen (secondary N) is 1. The Morgan fingerprint density at radius 2 is 2.15 bits per heavy atom. The van der Waals surface area contributed by atoms with Crippen LogP contribution < -0.4 is 11.1 Å². The normalized spacial score (nSPS) is 29.8. The Morgan fingerprint density at radius 3 is 2.75 bits per heavy atom. The van der Waals surface area contributed by atoms with Gasteiger partial charge in [0.05, 0.1) is 5.60 Å². The van der Waals surface area contributed by atoms with Crippen LogP contribution in [0.1, 0.15) is 65.7 Å². The summed E-state index contributed by atoms with van der Waals surface area (Å²) < 4.78 is 0. The van der Waals surface area contributed by atoms with Crippen LogP contribution in [-0.2, 0) is 4.79 Å². The van der Waals surface area contributed by atoms with Crippen LogP contribution in [0.4, 0.5) is 0 Å². The predicted octanol–water partition coefficient (Wildman–Crippen LogP) is 2.20. The SMILES string of the molecule is CC(N)CCCC(C)C(=O)NCC1(O)CCCC(C)C1. The first-order chi connectivity index (χ1) is 9.32. The highest BCUT2D eigenvalue weighted by atomic mass is 16.3. The fraction of sp³-hybridized carbons (Fsp3) is 0.938. The van der Waals surface area contributed by atoms with Crippen LogP contribution in [0.3, 0.4) is 0 Å². The zero-order valence-electron chi connectivity index (χ0n) is 13.3. The largest absolute Gasteiger partial charge is 0.388 e.